The van der Waals surface area contributed by atoms with E-state index >= 15 is 0 Å². The van der Waals surface area contributed by atoms with Crippen LogP contribution in [0.3, 0.4) is 0 Å². The SMILES string of the molecule is C=CCNC(=O)C(=O)C(CCC)NC(=O)[C@@H]1C2C(CN1C(=O)[C@@H](NC(=O)N[C@H](COC(=O)NC(C)C)C(C)(C)C)C1Cc3ccccc3C1)C2(C)C. The van der Waals surface area contributed by atoms with E-state index in [1.54, 1.807) is 4.90 Å². The molecule has 0 aromatic heterocycles. The first-order valence-corrected chi connectivity index (χ1v) is 18.5. The summed E-state index contributed by atoms with van der Waals surface area (Å²) in [5.74, 6) is -2.81. The van der Waals surface area contributed by atoms with Gasteiger partial charge in [-0.3, -0.25) is 19.2 Å². The number of amides is 6. The highest BCUT2D eigenvalue weighted by Gasteiger charge is 2.69. The highest BCUT2D eigenvalue weighted by Crippen LogP contribution is 2.65. The van der Waals surface area contributed by atoms with E-state index in [1.807, 2.05) is 65.8 Å². The van der Waals surface area contributed by atoms with Gasteiger partial charge in [-0.2, -0.15) is 0 Å². The molecule has 3 aliphatic rings. The minimum atomic E-state index is -1.05. The molecule has 2 aliphatic carbocycles. The van der Waals surface area contributed by atoms with Crippen molar-refractivity contribution in [2.75, 3.05) is 19.7 Å². The van der Waals surface area contributed by atoms with Gasteiger partial charge in [0.2, 0.25) is 17.6 Å². The number of rotatable bonds is 15. The van der Waals surface area contributed by atoms with Crippen LogP contribution in [0.4, 0.5) is 9.59 Å². The van der Waals surface area contributed by atoms with Crippen LogP contribution >= 0.6 is 0 Å². The number of Topliss-reactive ketones (excluding diaryl/α,β-unsaturated/α-hetero) is 1. The Morgan fingerprint density at radius 2 is 1.63 bits per heavy atom. The predicted octanol–water partition coefficient (Wildman–Crippen LogP) is 3.26. The molecule has 1 aromatic carbocycles. The molecule has 1 saturated heterocycles. The third-order valence-corrected chi connectivity index (χ3v) is 10.8. The lowest BCUT2D eigenvalue weighted by atomic mass is 9.87. The number of benzene rings is 1. The van der Waals surface area contributed by atoms with Gasteiger partial charge in [0, 0.05) is 19.1 Å². The van der Waals surface area contributed by atoms with E-state index in [0.717, 1.165) is 11.1 Å². The highest BCUT2D eigenvalue weighted by molar-refractivity contribution is 6.38. The van der Waals surface area contributed by atoms with E-state index < -0.39 is 59.3 Å². The van der Waals surface area contributed by atoms with Gasteiger partial charge in [0.25, 0.3) is 5.91 Å². The van der Waals surface area contributed by atoms with Gasteiger partial charge in [-0.05, 0) is 72.8 Å². The minimum Gasteiger partial charge on any atom is -0.447 e. The summed E-state index contributed by atoms with van der Waals surface area (Å²) in [4.78, 5) is 82.2. The lowest BCUT2D eigenvalue weighted by Gasteiger charge is -2.36. The van der Waals surface area contributed by atoms with Crippen LogP contribution in [0.15, 0.2) is 36.9 Å². The number of fused-ring (bicyclic) bond motifs is 2. The Morgan fingerprint density at radius 1 is 1.00 bits per heavy atom. The van der Waals surface area contributed by atoms with Gasteiger partial charge >= 0.3 is 12.1 Å². The van der Waals surface area contributed by atoms with Crippen LogP contribution < -0.4 is 26.6 Å². The monoisotopic (exact) mass is 722 g/mol. The van der Waals surface area contributed by atoms with Crippen molar-refractivity contribution in [3.05, 3.63) is 48.0 Å². The fourth-order valence-electron chi connectivity index (χ4n) is 7.71. The summed E-state index contributed by atoms with van der Waals surface area (Å²) in [6, 6.07) is 3.72. The Balaban J connectivity index is 1.58. The number of nitrogens with one attached hydrogen (secondary N) is 5. The van der Waals surface area contributed by atoms with E-state index in [2.05, 4.69) is 47.0 Å². The van der Waals surface area contributed by atoms with Crippen LogP contribution in [0, 0.1) is 28.6 Å². The zero-order valence-electron chi connectivity index (χ0n) is 32.0. The van der Waals surface area contributed by atoms with Crippen LogP contribution in [0.25, 0.3) is 0 Å². The number of alkyl carbamates (subject to hydrolysis) is 1. The zero-order chi connectivity index (χ0) is 38.5. The average Bonchev–Trinajstić information content (AvgIpc) is 3.42. The quantitative estimate of drug-likeness (QED) is 0.136. The fraction of sp³-hybridized carbons (Fsp3) is 0.641. The van der Waals surface area contributed by atoms with Crippen molar-refractivity contribution in [3.8, 4) is 0 Å². The van der Waals surface area contributed by atoms with Gasteiger partial charge in [-0.15, -0.1) is 6.58 Å². The van der Waals surface area contributed by atoms with Crippen LogP contribution in [-0.2, 0) is 36.8 Å². The standard InChI is InChI=1S/C39H58N6O7/c1-10-14-27(32(46)34(48)40-17-11-2)42-33(47)31-29-26(39(29,8)9)20-45(31)35(49)30(25-18-23-15-12-13-16-24(23)19-25)44-36(50)43-28(38(5,6)7)21-52-37(51)41-22(3)4/h11-13,15-16,22,25-31H,2,10,14,17-21H2,1,3-9H3,(H,40,48)(H,41,51)(H,42,47)(H2,43,44,50)/t26?,27?,28-,29?,30+,31+/m1/s1. The molecule has 1 aliphatic heterocycles. The maximum atomic E-state index is 14.8. The molecular formula is C39H58N6O7. The second-order valence-corrected chi connectivity index (χ2v) is 16.5. The van der Waals surface area contributed by atoms with Crippen LogP contribution in [0.5, 0.6) is 0 Å². The van der Waals surface area contributed by atoms with Gasteiger partial charge in [-0.25, -0.2) is 9.59 Å². The lowest BCUT2D eigenvalue weighted by molar-refractivity contribution is -0.144. The van der Waals surface area contributed by atoms with Gasteiger partial charge in [-0.1, -0.05) is 78.3 Å². The molecule has 5 N–H and O–H groups in total. The number of carbonyl (C=O) groups excluding carboxylic acids is 6. The Labute approximate surface area is 307 Å². The Hall–Kier alpha value is -4.42. The minimum absolute atomic E-state index is 0.0538. The fourth-order valence-corrected chi connectivity index (χ4v) is 7.71. The largest absolute Gasteiger partial charge is 0.447 e. The first-order chi connectivity index (χ1) is 24.4. The molecule has 1 saturated carbocycles. The molecule has 6 atom stereocenters. The van der Waals surface area contributed by atoms with E-state index in [0.29, 0.717) is 25.8 Å². The number of ketones is 1. The molecule has 4 rings (SSSR count). The summed E-state index contributed by atoms with van der Waals surface area (Å²) in [6.45, 7) is 19.3. The van der Waals surface area contributed by atoms with Gasteiger partial charge in [0.15, 0.2) is 0 Å². The molecule has 3 unspecified atom stereocenters. The zero-order valence-corrected chi connectivity index (χ0v) is 32.0. The van der Waals surface area contributed by atoms with Gasteiger partial charge in [0.05, 0.1) is 12.1 Å². The normalized spacial score (nSPS) is 21.9. The first kappa shape index (κ1) is 40.4. The molecule has 13 heteroatoms. The van der Waals surface area contributed by atoms with Crippen molar-refractivity contribution in [2.24, 2.45) is 28.6 Å². The summed E-state index contributed by atoms with van der Waals surface area (Å²) in [5, 5.41) is 13.9. The van der Waals surface area contributed by atoms with Crippen LogP contribution in [0.1, 0.15) is 79.4 Å². The molecule has 286 valence electrons. The second kappa shape index (κ2) is 16.5. The topological polar surface area (TPSA) is 175 Å². The molecule has 52 heavy (non-hydrogen) atoms. The molecular weight excluding hydrogens is 664 g/mol. The highest BCUT2D eigenvalue weighted by atomic mass is 16.5. The van der Waals surface area contributed by atoms with Crippen molar-refractivity contribution in [3.63, 3.8) is 0 Å². The molecule has 2 fully saturated rings. The summed E-state index contributed by atoms with van der Waals surface area (Å²) < 4.78 is 5.43. The number of likely N-dealkylation sites (tertiary alicyclic amines) is 1. The maximum Gasteiger partial charge on any atom is 0.407 e. The summed E-state index contributed by atoms with van der Waals surface area (Å²) >= 11 is 0. The number of hydrogen-bond acceptors (Lipinski definition) is 7. The number of carbonyl (C=O) groups is 6. The van der Waals surface area contributed by atoms with Gasteiger partial charge < -0.3 is 36.2 Å². The number of piperidine rings is 1. The molecule has 0 radical (unpaired) electrons. The summed E-state index contributed by atoms with van der Waals surface area (Å²) in [6.07, 6.45) is 2.79. The maximum absolute atomic E-state index is 14.8. The van der Waals surface area contributed by atoms with Crippen molar-refractivity contribution in [1.29, 1.82) is 0 Å². The number of ether oxygens (including phenoxy) is 1. The Kier molecular flexibility index (Phi) is 12.8. The van der Waals surface area contributed by atoms with E-state index in [1.165, 1.54) is 6.08 Å². The van der Waals surface area contributed by atoms with Crippen molar-refractivity contribution in [1.82, 2.24) is 31.5 Å². The third kappa shape index (κ3) is 9.32. The second-order valence-electron chi connectivity index (χ2n) is 16.5. The van der Waals surface area contributed by atoms with Crippen LogP contribution in [0.2, 0.25) is 0 Å². The molecule has 1 aromatic rings. The average molecular weight is 723 g/mol. The third-order valence-electron chi connectivity index (χ3n) is 10.8. The lowest BCUT2D eigenvalue weighted by Crippen LogP contribution is -2.61. The van der Waals surface area contributed by atoms with E-state index in [-0.39, 0.29) is 54.7 Å². The van der Waals surface area contributed by atoms with E-state index in [4.69, 9.17) is 4.74 Å². The van der Waals surface area contributed by atoms with Gasteiger partial charge in [0.1, 0.15) is 18.7 Å². The molecule has 1 heterocycles. The predicted molar refractivity (Wildman–Crippen MR) is 197 cm³/mol. The summed E-state index contributed by atoms with van der Waals surface area (Å²) in [7, 11) is 0. The Morgan fingerprint density at radius 3 is 2.19 bits per heavy atom. The number of nitrogens with zero attached hydrogens (tertiary/aromatic N) is 1. The van der Waals surface area contributed by atoms with E-state index in [9.17, 15) is 28.8 Å². The molecule has 0 spiro atoms. The molecule has 0 bridgehead atoms. The number of hydrogen-bond donors (Lipinski definition) is 5. The van der Waals surface area contributed by atoms with Crippen molar-refractivity contribution in [2.45, 2.75) is 111 Å². The smallest absolute Gasteiger partial charge is 0.407 e. The summed E-state index contributed by atoms with van der Waals surface area (Å²) in [5.41, 5.74) is 1.48. The molecule has 13 nitrogen and oxygen atoms in total. The van der Waals surface area contributed by atoms with Crippen molar-refractivity contribution < 1.29 is 33.5 Å². The van der Waals surface area contributed by atoms with Crippen LogP contribution in [-0.4, -0.2) is 90.4 Å². The molecule has 6 amide bonds. The van der Waals surface area contributed by atoms with Crippen molar-refractivity contribution >= 4 is 35.6 Å². The number of urea groups is 1. The Bertz CT molecular complexity index is 1510. The first-order valence-electron chi connectivity index (χ1n) is 18.5.